The zero-order chi connectivity index (χ0) is 17.5. The van der Waals surface area contributed by atoms with E-state index < -0.39 is 0 Å². The molecule has 1 heterocycles. The van der Waals surface area contributed by atoms with Gasteiger partial charge in [-0.25, -0.2) is 4.98 Å². The van der Waals surface area contributed by atoms with Crippen LogP contribution in [0.15, 0.2) is 30.6 Å². The molecule has 0 spiro atoms. The third-order valence-electron chi connectivity index (χ3n) is 5.21. The van der Waals surface area contributed by atoms with Crippen molar-refractivity contribution in [2.24, 2.45) is 5.41 Å². The summed E-state index contributed by atoms with van der Waals surface area (Å²) in [7, 11) is 0. The number of ether oxygens (including phenoxy) is 1. The summed E-state index contributed by atoms with van der Waals surface area (Å²) in [5, 5.41) is 3.20. The van der Waals surface area contributed by atoms with Crippen molar-refractivity contribution in [3.05, 3.63) is 30.6 Å². The van der Waals surface area contributed by atoms with Crippen molar-refractivity contribution in [3.63, 3.8) is 0 Å². The lowest BCUT2D eigenvalue weighted by Gasteiger charge is -2.52. The number of nitrogens with one attached hydrogen (secondary N) is 1. The van der Waals surface area contributed by atoms with Crippen LogP contribution < -0.4 is 5.32 Å². The first-order valence-corrected chi connectivity index (χ1v) is 8.68. The first-order chi connectivity index (χ1) is 11.3. The monoisotopic (exact) mass is 329 g/mol. The fourth-order valence-corrected chi connectivity index (χ4v) is 3.40. The van der Waals surface area contributed by atoms with Gasteiger partial charge in [0.25, 0.3) is 0 Å². The van der Waals surface area contributed by atoms with Crippen molar-refractivity contribution in [2.45, 2.75) is 65.3 Å². The third-order valence-corrected chi connectivity index (χ3v) is 5.21. The molecule has 0 bridgehead atoms. The van der Waals surface area contributed by atoms with Gasteiger partial charge in [0.15, 0.2) is 0 Å². The Morgan fingerprint density at radius 3 is 2.71 bits per heavy atom. The highest BCUT2D eigenvalue weighted by Crippen LogP contribution is 2.43. The van der Waals surface area contributed by atoms with Gasteiger partial charge in [0.05, 0.1) is 29.6 Å². The van der Waals surface area contributed by atoms with E-state index in [1.807, 2.05) is 49.6 Å². The number of imidazole rings is 1. The molecule has 1 N–H and O–H groups in total. The standard InChI is InChI=1S/C19H27N3O2/c1-12(2)24-17-10-16(19(17,4)5)21-18(23)13(3)22-11-20-14-8-6-7-9-15(14)22/h6-9,11-13,16-17H,10H2,1-5H3,(H,21,23). The maximum absolute atomic E-state index is 12.7. The molecule has 0 radical (unpaired) electrons. The Morgan fingerprint density at radius 1 is 1.33 bits per heavy atom. The lowest BCUT2D eigenvalue weighted by atomic mass is 9.64. The topological polar surface area (TPSA) is 56.1 Å². The van der Waals surface area contributed by atoms with Gasteiger partial charge in [-0.15, -0.1) is 0 Å². The second kappa shape index (κ2) is 6.20. The number of aromatic nitrogens is 2. The Balaban J connectivity index is 1.67. The van der Waals surface area contributed by atoms with Crippen LogP contribution in [0, 0.1) is 5.41 Å². The van der Waals surface area contributed by atoms with Crippen LogP contribution in [-0.4, -0.2) is 33.7 Å². The highest BCUT2D eigenvalue weighted by atomic mass is 16.5. The first-order valence-electron chi connectivity index (χ1n) is 8.68. The molecule has 2 aromatic rings. The molecular weight excluding hydrogens is 302 g/mol. The summed E-state index contributed by atoms with van der Waals surface area (Å²) < 4.78 is 7.87. The van der Waals surface area contributed by atoms with E-state index in [-0.39, 0.29) is 35.6 Å². The molecule has 1 saturated carbocycles. The maximum Gasteiger partial charge on any atom is 0.243 e. The molecule has 1 fully saturated rings. The second-order valence-electron chi connectivity index (χ2n) is 7.61. The number of hydrogen-bond acceptors (Lipinski definition) is 3. The maximum atomic E-state index is 12.7. The molecule has 0 aliphatic heterocycles. The number of carbonyl (C=O) groups excluding carboxylic acids is 1. The number of rotatable bonds is 5. The predicted octanol–water partition coefficient (Wildman–Crippen LogP) is 3.31. The van der Waals surface area contributed by atoms with Gasteiger partial charge in [-0.2, -0.15) is 0 Å². The van der Waals surface area contributed by atoms with E-state index in [1.54, 1.807) is 6.33 Å². The Hall–Kier alpha value is -1.88. The molecule has 1 aliphatic carbocycles. The quantitative estimate of drug-likeness (QED) is 0.915. The molecule has 24 heavy (non-hydrogen) atoms. The SMILES string of the molecule is CC(C)OC1CC(NC(=O)C(C)n2cnc3ccccc32)C1(C)C. The van der Waals surface area contributed by atoms with Crippen molar-refractivity contribution in [2.75, 3.05) is 0 Å². The van der Waals surface area contributed by atoms with Gasteiger partial charge in [0.2, 0.25) is 5.91 Å². The minimum atomic E-state index is -0.293. The fourth-order valence-electron chi connectivity index (χ4n) is 3.40. The zero-order valence-electron chi connectivity index (χ0n) is 15.1. The minimum Gasteiger partial charge on any atom is -0.375 e. The van der Waals surface area contributed by atoms with Crippen molar-refractivity contribution in [1.82, 2.24) is 14.9 Å². The van der Waals surface area contributed by atoms with E-state index in [0.29, 0.717) is 0 Å². The van der Waals surface area contributed by atoms with Gasteiger partial charge >= 0.3 is 0 Å². The largest absolute Gasteiger partial charge is 0.375 e. The van der Waals surface area contributed by atoms with Crippen LogP contribution in [0.3, 0.4) is 0 Å². The summed E-state index contributed by atoms with van der Waals surface area (Å²) >= 11 is 0. The van der Waals surface area contributed by atoms with Crippen LogP contribution in [-0.2, 0) is 9.53 Å². The zero-order valence-corrected chi connectivity index (χ0v) is 15.1. The summed E-state index contributed by atoms with van der Waals surface area (Å²) in [6, 6.07) is 7.72. The molecule has 5 nitrogen and oxygen atoms in total. The van der Waals surface area contributed by atoms with Gasteiger partial charge in [-0.3, -0.25) is 4.79 Å². The highest BCUT2D eigenvalue weighted by molar-refractivity contribution is 5.83. The van der Waals surface area contributed by atoms with Gasteiger partial charge in [-0.05, 0) is 39.3 Å². The number of amides is 1. The van der Waals surface area contributed by atoms with E-state index in [4.69, 9.17) is 4.74 Å². The lowest BCUT2D eigenvalue weighted by Crippen LogP contribution is -2.63. The molecule has 1 aromatic heterocycles. The molecule has 1 amide bonds. The van der Waals surface area contributed by atoms with E-state index in [1.165, 1.54) is 0 Å². The van der Waals surface area contributed by atoms with Crippen LogP contribution in [0.2, 0.25) is 0 Å². The number of carbonyl (C=O) groups is 1. The normalized spacial score (nSPS) is 23.9. The molecule has 1 aliphatic rings. The van der Waals surface area contributed by atoms with Crippen LogP contribution in [0.25, 0.3) is 11.0 Å². The average Bonchev–Trinajstić information content (AvgIpc) is 2.96. The Morgan fingerprint density at radius 2 is 2.04 bits per heavy atom. The number of fused-ring (bicyclic) bond motifs is 1. The van der Waals surface area contributed by atoms with Gasteiger partial charge < -0.3 is 14.6 Å². The Bertz CT molecular complexity index is 735. The molecule has 3 rings (SSSR count). The average molecular weight is 329 g/mol. The van der Waals surface area contributed by atoms with Crippen molar-refractivity contribution in [1.29, 1.82) is 0 Å². The van der Waals surface area contributed by atoms with Crippen LogP contribution >= 0.6 is 0 Å². The highest BCUT2D eigenvalue weighted by Gasteiger charge is 2.50. The molecule has 5 heteroatoms. The van der Waals surface area contributed by atoms with Crippen molar-refractivity contribution in [3.8, 4) is 0 Å². The Labute approximate surface area is 143 Å². The molecule has 0 saturated heterocycles. The first kappa shape index (κ1) is 17.0. The fraction of sp³-hybridized carbons (Fsp3) is 0.579. The van der Waals surface area contributed by atoms with Gasteiger partial charge in [-0.1, -0.05) is 26.0 Å². The van der Waals surface area contributed by atoms with Crippen LogP contribution in [0.4, 0.5) is 0 Å². The van der Waals surface area contributed by atoms with Crippen LogP contribution in [0.1, 0.15) is 47.1 Å². The van der Waals surface area contributed by atoms with Crippen LogP contribution in [0.5, 0.6) is 0 Å². The summed E-state index contributed by atoms with van der Waals surface area (Å²) in [5.41, 5.74) is 1.84. The number of benzene rings is 1. The number of para-hydroxylation sites is 2. The van der Waals surface area contributed by atoms with E-state index in [0.717, 1.165) is 17.5 Å². The third kappa shape index (κ3) is 2.93. The molecular formula is C19H27N3O2. The summed E-state index contributed by atoms with van der Waals surface area (Å²) in [6.45, 7) is 10.3. The van der Waals surface area contributed by atoms with E-state index >= 15 is 0 Å². The molecule has 3 atom stereocenters. The second-order valence-corrected chi connectivity index (χ2v) is 7.61. The smallest absolute Gasteiger partial charge is 0.243 e. The van der Waals surface area contributed by atoms with Gasteiger partial charge in [0.1, 0.15) is 6.04 Å². The summed E-state index contributed by atoms with van der Waals surface area (Å²) in [6.07, 6.45) is 3.02. The lowest BCUT2D eigenvalue weighted by molar-refractivity contribution is -0.149. The van der Waals surface area contributed by atoms with Crippen molar-refractivity contribution < 1.29 is 9.53 Å². The molecule has 3 unspecified atom stereocenters. The molecule has 1 aromatic carbocycles. The summed E-state index contributed by atoms with van der Waals surface area (Å²) in [4.78, 5) is 17.1. The van der Waals surface area contributed by atoms with E-state index in [9.17, 15) is 4.79 Å². The van der Waals surface area contributed by atoms with E-state index in [2.05, 4.69) is 24.1 Å². The summed E-state index contributed by atoms with van der Waals surface area (Å²) in [5.74, 6) is 0.0271. The van der Waals surface area contributed by atoms with Crippen molar-refractivity contribution >= 4 is 16.9 Å². The Kier molecular flexibility index (Phi) is 4.38. The predicted molar refractivity (Wildman–Crippen MR) is 94.8 cm³/mol. The number of hydrogen-bond donors (Lipinski definition) is 1. The van der Waals surface area contributed by atoms with Gasteiger partial charge in [0, 0.05) is 11.5 Å². The minimum absolute atomic E-state index is 0.0271. The molecule has 130 valence electrons. The number of nitrogens with zero attached hydrogens (tertiary/aromatic N) is 2.